The Bertz CT molecular complexity index is 672. The van der Waals surface area contributed by atoms with Crippen LogP contribution in [0.2, 0.25) is 0 Å². The minimum atomic E-state index is -0.108. The molecule has 1 fully saturated rings. The monoisotopic (exact) mass is 314 g/mol. The average Bonchev–Trinajstić information content (AvgIpc) is 2.91. The molecule has 0 spiro atoms. The van der Waals surface area contributed by atoms with E-state index in [2.05, 4.69) is 25.7 Å². The number of aryl methyl sites for hydroxylation is 2. The van der Waals surface area contributed by atoms with Crippen LogP contribution in [-0.4, -0.2) is 38.7 Å². The highest BCUT2D eigenvalue weighted by Crippen LogP contribution is 2.23. The summed E-state index contributed by atoms with van der Waals surface area (Å²) in [7, 11) is 1.81. The van der Waals surface area contributed by atoms with E-state index >= 15 is 0 Å². The van der Waals surface area contributed by atoms with Crippen molar-refractivity contribution in [3.8, 4) is 0 Å². The first-order chi connectivity index (χ1) is 11.1. The van der Waals surface area contributed by atoms with Crippen molar-refractivity contribution in [2.75, 3.05) is 18.4 Å². The van der Waals surface area contributed by atoms with Crippen molar-refractivity contribution in [3.63, 3.8) is 0 Å². The fraction of sp³-hybridized carbons (Fsp3) is 0.500. The summed E-state index contributed by atoms with van der Waals surface area (Å²) >= 11 is 0. The van der Waals surface area contributed by atoms with Crippen LogP contribution >= 0.6 is 0 Å². The first kappa shape index (κ1) is 15.6. The van der Waals surface area contributed by atoms with Crippen molar-refractivity contribution >= 4 is 11.9 Å². The number of pyridine rings is 1. The molecule has 2 aromatic heterocycles. The molecule has 1 aliphatic heterocycles. The summed E-state index contributed by atoms with van der Waals surface area (Å²) in [6.45, 7) is 3.90. The highest BCUT2D eigenvalue weighted by atomic mass is 16.1. The quantitative estimate of drug-likeness (QED) is 0.885. The largest absolute Gasteiger partial charge is 0.317 e. The van der Waals surface area contributed by atoms with Gasteiger partial charge in [-0.25, -0.2) is 4.68 Å². The van der Waals surface area contributed by atoms with Crippen LogP contribution < -0.4 is 10.6 Å². The van der Waals surface area contributed by atoms with Gasteiger partial charge in [-0.3, -0.25) is 15.1 Å². The Morgan fingerprint density at radius 2 is 2.17 bits per heavy atom. The Labute approximate surface area is 135 Å². The van der Waals surface area contributed by atoms with E-state index < -0.39 is 0 Å². The summed E-state index contributed by atoms with van der Waals surface area (Å²) in [5.74, 6) is 1.59. The minimum absolute atomic E-state index is 0.108. The number of nitrogens with zero attached hydrogens (tertiary/aromatic N) is 4. The van der Waals surface area contributed by atoms with Crippen LogP contribution in [0.15, 0.2) is 18.3 Å². The van der Waals surface area contributed by atoms with Crippen molar-refractivity contribution in [3.05, 3.63) is 35.4 Å². The van der Waals surface area contributed by atoms with Gasteiger partial charge in [-0.2, -0.15) is 10.1 Å². The molecule has 0 unspecified atom stereocenters. The van der Waals surface area contributed by atoms with Gasteiger partial charge in [0.1, 0.15) is 0 Å². The average molecular weight is 314 g/mol. The molecule has 0 atom stereocenters. The minimum Gasteiger partial charge on any atom is -0.317 e. The van der Waals surface area contributed by atoms with E-state index in [-0.39, 0.29) is 12.3 Å². The van der Waals surface area contributed by atoms with Gasteiger partial charge in [-0.05, 0) is 44.5 Å². The van der Waals surface area contributed by atoms with Crippen LogP contribution in [0.5, 0.6) is 0 Å². The van der Waals surface area contributed by atoms with Crippen LogP contribution in [0.4, 0.5) is 5.95 Å². The summed E-state index contributed by atoms with van der Waals surface area (Å²) in [4.78, 5) is 20.9. The highest BCUT2D eigenvalue weighted by molar-refractivity contribution is 5.90. The number of rotatable bonds is 4. The Hall–Kier alpha value is -2.28. The molecule has 1 aliphatic rings. The number of nitrogens with one attached hydrogen (secondary N) is 2. The SMILES string of the molecule is Cc1ccc(CC(=O)Nc2nc(C3CCNCC3)nn2C)cn1. The first-order valence-corrected chi connectivity index (χ1v) is 7.95. The lowest BCUT2D eigenvalue weighted by molar-refractivity contribution is -0.115. The van der Waals surface area contributed by atoms with Gasteiger partial charge in [0.2, 0.25) is 11.9 Å². The number of piperidine rings is 1. The summed E-state index contributed by atoms with van der Waals surface area (Å²) in [6.07, 6.45) is 4.08. The van der Waals surface area contributed by atoms with Crippen molar-refractivity contribution in [2.24, 2.45) is 7.05 Å². The van der Waals surface area contributed by atoms with Crippen LogP contribution in [0.25, 0.3) is 0 Å². The van der Waals surface area contributed by atoms with E-state index in [9.17, 15) is 4.79 Å². The van der Waals surface area contributed by atoms with Crippen LogP contribution in [0.3, 0.4) is 0 Å². The molecule has 0 saturated carbocycles. The zero-order valence-corrected chi connectivity index (χ0v) is 13.5. The van der Waals surface area contributed by atoms with Gasteiger partial charge in [-0.1, -0.05) is 6.07 Å². The molecule has 2 aromatic rings. The van der Waals surface area contributed by atoms with E-state index in [0.717, 1.165) is 43.0 Å². The Kier molecular flexibility index (Phi) is 4.66. The lowest BCUT2D eigenvalue weighted by Gasteiger charge is -2.19. The predicted octanol–water partition coefficient (Wildman–Crippen LogP) is 1.17. The number of carbonyl (C=O) groups is 1. The number of amides is 1. The normalized spacial score (nSPS) is 15.6. The third-order valence-electron chi connectivity index (χ3n) is 4.07. The molecular formula is C16H22N6O. The maximum Gasteiger partial charge on any atom is 0.231 e. The third kappa shape index (κ3) is 3.92. The molecule has 0 radical (unpaired) electrons. The molecular weight excluding hydrogens is 292 g/mol. The van der Waals surface area contributed by atoms with Gasteiger partial charge >= 0.3 is 0 Å². The van der Waals surface area contributed by atoms with Gasteiger partial charge in [0.15, 0.2) is 5.82 Å². The summed E-state index contributed by atoms with van der Waals surface area (Å²) in [5.41, 5.74) is 1.82. The van der Waals surface area contributed by atoms with E-state index in [4.69, 9.17) is 0 Å². The second-order valence-corrected chi connectivity index (χ2v) is 5.97. The molecule has 2 N–H and O–H groups in total. The van der Waals surface area contributed by atoms with Crippen molar-refractivity contribution in [2.45, 2.75) is 32.1 Å². The molecule has 3 rings (SSSR count). The van der Waals surface area contributed by atoms with Crippen molar-refractivity contribution < 1.29 is 4.79 Å². The van der Waals surface area contributed by atoms with Crippen LogP contribution in [0, 0.1) is 6.92 Å². The first-order valence-electron chi connectivity index (χ1n) is 7.95. The second kappa shape index (κ2) is 6.87. The van der Waals surface area contributed by atoms with Gasteiger partial charge in [0, 0.05) is 24.9 Å². The fourth-order valence-electron chi connectivity index (χ4n) is 2.72. The summed E-state index contributed by atoms with van der Waals surface area (Å²) < 4.78 is 1.64. The molecule has 7 heteroatoms. The summed E-state index contributed by atoms with van der Waals surface area (Å²) in [5, 5.41) is 10.6. The highest BCUT2D eigenvalue weighted by Gasteiger charge is 2.21. The molecule has 1 saturated heterocycles. The lowest BCUT2D eigenvalue weighted by atomic mass is 9.98. The molecule has 0 aliphatic carbocycles. The molecule has 0 bridgehead atoms. The number of carbonyl (C=O) groups excluding carboxylic acids is 1. The van der Waals surface area contributed by atoms with Crippen molar-refractivity contribution in [1.82, 2.24) is 25.1 Å². The zero-order valence-electron chi connectivity index (χ0n) is 13.5. The Balaban J connectivity index is 1.63. The van der Waals surface area contributed by atoms with Crippen molar-refractivity contribution in [1.29, 1.82) is 0 Å². The Morgan fingerprint density at radius 3 is 2.87 bits per heavy atom. The van der Waals surface area contributed by atoms with Crippen LogP contribution in [0.1, 0.15) is 35.8 Å². The predicted molar refractivity (Wildman–Crippen MR) is 87.2 cm³/mol. The number of aromatic nitrogens is 4. The number of hydrogen-bond donors (Lipinski definition) is 2. The molecule has 122 valence electrons. The third-order valence-corrected chi connectivity index (χ3v) is 4.07. The standard InChI is InChI=1S/C16H22N6O/c1-11-3-4-12(10-18-11)9-14(23)19-16-20-15(21-22(16)2)13-5-7-17-8-6-13/h3-4,10,13,17H,5-9H2,1-2H3,(H,19,20,21,23). The summed E-state index contributed by atoms with van der Waals surface area (Å²) in [6, 6.07) is 3.82. The maximum atomic E-state index is 12.2. The molecule has 1 amide bonds. The van der Waals surface area contributed by atoms with Gasteiger partial charge in [0.25, 0.3) is 0 Å². The molecule has 7 nitrogen and oxygen atoms in total. The van der Waals surface area contributed by atoms with Crippen LogP contribution in [-0.2, 0) is 18.3 Å². The maximum absolute atomic E-state index is 12.2. The van der Waals surface area contributed by atoms with E-state index in [1.165, 1.54) is 0 Å². The fourth-order valence-corrected chi connectivity index (χ4v) is 2.72. The number of anilines is 1. The van der Waals surface area contributed by atoms with E-state index in [1.807, 2.05) is 19.1 Å². The number of hydrogen-bond acceptors (Lipinski definition) is 5. The molecule has 3 heterocycles. The van der Waals surface area contributed by atoms with Gasteiger partial charge in [-0.15, -0.1) is 0 Å². The Morgan fingerprint density at radius 1 is 1.39 bits per heavy atom. The molecule has 0 aromatic carbocycles. The second-order valence-electron chi connectivity index (χ2n) is 5.97. The van der Waals surface area contributed by atoms with Gasteiger partial charge in [0.05, 0.1) is 6.42 Å². The zero-order chi connectivity index (χ0) is 16.2. The lowest BCUT2D eigenvalue weighted by Crippen LogP contribution is -2.27. The van der Waals surface area contributed by atoms with E-state index in [1.54, 1.807) is 17.9 Å². The topological polar surface area (TPSA) is 84.7 Å². The van der Waals surface area contributed by atoms with E-state index in [0.29, 0.717) is 11.9 Å². The smallest absolute Gasteiger partial charge is 0.231 e. The molecule has 23 heavy (non-hydrogen) atoms. The van der Waals surface area contributed by atoms with Gasteiger partial charge < -0.3 is 5.32 Å².